The van der Waals surface area contributed by atoms with Crippen molar-refractivity contribution in [2.24, 2.45) is 4.99 Å². The molecule has 0 radical (unpaired) electrons. The van der Waals surface area contributed by atoms with Crippen LogP contribution >= 0.6 is 0 Å². The lowest BCUT2D eigenvalue weighted by molar-refractivity contribution is 0.415. The van der Waals surface area contributed by atoms with Crippen molar-refractivity contribution < 1.29 is 4.74 Å². The van der Waals surface area contributed by atoms with Gasteiger partial charge in [0.25, 0.3) is 0 Å². The van der Waals surface area contributed by atoms with Crippen LogP contribution < -0.4 is 4.74 Å². The van der Waals surface area contributed by atoms with E-state index in [-0.39, 0.29) is 0 Å². The van der Waals surface area contributed by atoms with Gasteiger partial charge in [-0.05, 0) is 35.9 Å². The molecule has 1 aromatic rings. The maximum atomic E-state index is 5.27. The zero-order valence-corrected chi connectivity index (χ0v) is 11.6. The van der Waals surface area contributed by atoms with Gasteiger partial charge in [-0.25, -0.2) is 0 Å². The SMILES string of the molecule is COc1ccc2c(c1)/C(=C/C=C1C=CN(C)C=C1)C=N2. The van der Waals surface area contributed by atoms with Gasteiger partial charge in [-0.15, -0.1) is 0 Å². The van der Waals surface area contributed by atoms with E-state index in [1.807, 2.05) is 48.8 Å². The fourth-order valence-corrected chi connectivity index (χ4v) is 2.14. The Hall–Kier alpha value is -2.55. The van der Waals surface area contributed by atoms with Gasteiger partial charge in [0, 0.05) is 36.8 Å². The van der Waals surface area contributed by atoms with Crippen LogP contribution in [0.3, 0.4) is 0 Å². The van der Waals surface area contributed by atoms with Crippen LogP contribution in [0.2, 0.25) is 0 Å². The van der Waals surface area contributed by atoms with Gasteiger partial charge in [0.2, 0.25) is 0 Å². The molecule has 0 saturated carbocycles. The summed E-state index contributed by atoms with van der Waals surface area (Å²) < 4.78 is 5.27. The highest BCUT2D eigenvalue weighted by Crippen LogP contribution is 2.34. The van der Waals surface area contributed by atoms with E-state index in [1.54, 1.807) is 7.11 Å². The molecule has 0 atom stereocenters. The quantitative estimate of drug-likeness (QED) is 0.813. The number of rotatable bonds is 2. The van der Waals surface area contributed by atoms with Crippen LogP contribution in [-0.2, 0) is 0 Å². The molecule has 2 aliphatic heterocycles. The lowest BCUT2D eigenvalue weighted by Gasteiger charge is -2.11. The number of aliphatic imine (C=N–C) groups is 1. The van der Waals surface area contributed by atoms with Gasteiger partial charge in [-0.2, -0.15) is 0 Å². The van der Waals surface area contributed by atoms with E-state index in [0.29, 0.717) is 0 Å². The van der Waals surface area contributed by atoms with E-state index < -0.39 is 0 Å². The van der Waals surface area contributed by atoms with E-state index in [1.165, 1.54) is 5.57 Å². The molecule has 2 aliphatic rings. The molecule has 0 spiro atoms. The number of hydrogen-bond donors (Lipinski definition) is 0. The molecular formula is C17H16N2O. The van der Waals surface area contributed by atoms with Crippen molar-refractivity contribution in [2.75, 3.05) is 14.2 Å². The largest absolute Gasteiger partial charge is 0.497 e. The second-order valence-electron chi connectivity index (χ2n) is 4.73. The molecule has 0 aromatic heterocycles. The fourth-order valence-electron chi connectivity index (χ4n) is 2.14. The van der Waals surface area contributed by atoms with Crippen molar-refractivity contribution in [1.82, 2.24) is 4.90 Å². The molecule has 3 rings (SSSR count). The molecule has 0 aliphatic carbocycles. The number of allylic oxidation sites excluding steroid dienone is 6. The highest BCUT2D eigenvalue weighted by molar-refractivity contribution is 6.16. The number of nitrogens with zero attached hydrogens (tertiary/aromatic N) is 2. The van der Waals surface area contributed by atoms with Crippen LogP contribution in [-0.4, -0.2) is 25.3 Å². The molecule has 3 heteroatoms. The molecule has 0 amide bonds. The second kappa shape index (κ2) is 5.21. The summed E-state index contributed by atoms with van der Waals surface area (Å²) in [4.78, 5) is 6.43. The Balaban J connectivity index is 1.89. The van der Waals surface area contributed by atoms with Crippen LogP contribution in [0.5, 0.6) is 5.75 Å². The van der Waals surface area contributed by atoms with E-state index in [2.05, 4.69) is 29.3 Å². The van der Waals surface area contributed by atoms with Crippen LogP contribution in [0, 0.1) is 0 Å². The minimum atomic E-state index is 0.854. The lowest BCUT2D eigenvalue weighted by atomic mass is 10.1. The third-order valence-corrected chi connectivity index (χ3v) is 3.32. The first kappa shape index (κ1) is 12.5. The zero-order chi connectivity index (χ0) is 13.9. The number of hydrogen-bond acceptors (Lipinski definition) is 3. The molecule has 0 N–H and O–H groups in total. The molecule has 0 fully saturated rings. The summed E-state index contributed by atoms with van der Waals surface area (Å²) >= 11 is 0. The molecule has 0 saturated heterocycles. The van der Waals surface area contributed by atoms with Crippen LogP contribution in [0.15, 0.2) is 65.5 Å². The highest BCUT2D eigenvalue weighted by Gasteiger charge is 2.12. The van der Waals surface area contributed by atoms with Crippen molar-refractivity contribution in [3.8, 4) is 5.75 Å². The predicted octanol–water partition coefficient (Wildman–Crippen LogP) is 3.69. The van der Waals surface area contributed by atoms with Gasteiger partial charge < -0.3 is 9.64 Å². The highest BCUT2D eigenvalue weighted by atomic mass is 16.5. The predicted molar refractivity (Wildman–Crippen MR) is 83.2 cm³/mol. The van der Waals surface area contributed by atoms with Crippen LogP contribution in [0.1, 0.15) is 5.56 Å². The van der Waals surface area contributed by atoms with Crippen molar-refractivity contribution in [2.45, 2.75) is 0 Å². The standard InChI is InChI=1S/C17H16N2O/c1-19-9-7-13(8-10-19)3-4-14-12-18-17-6-5-15(20-2)11-16(14)17/h3-12H,1-2H3/b14-4+. The van der Waals surface area contributed by atoms with Gasteiger partial charge in [-0.3, -0.25) is 4.99 Å². The third kappa shape index (κ3) is 2.43. The Kier molecular flexibility index (Phi) is 3.25. The number of ether oxygens (including phenoxy) is 1. The van der Waals surface area contributed by atoms with Gasteiger partial charge in [-0.1, -0.05) is 12.2 Å². The van der Waals surface area contributed by atoms with Crippen molar-refractivity contribution >= 4 is 17.5 Å². The average molecular weight is 264 g/mol. The number of benzene rings is 1. The molecule has 2 heterocycles. The molecule has 100 valence electrons. The Morgan fingerprint density at radius 2 is 1.95 bits per heavy atom. The van der Waals surface area contributed by atoms with Gasteiger partial charge in [0.1, 0.15) is 5.75 Å². The van der Waals surface area contributed by atoms with Crippen molar-refractivity contribution in [3.63, 3.8) is 0 Å². The van der Waals surface area contributed by atoms with E-state index >= 15 is 0 Å². The molecular weight excluding hydrogens is 248 g/mol. The van der Waals surface area contributed by atoms with Crippen molar-refractivity contribution in [1.29, 1.82) is 0 Å². The van der Waals surface area contributed by atoms with Gasteiger partial charge in [0.15, 0.2) is 0 Å². The Labute approximate surface area is 118 Å². The second-order valence-corrected chi connectivity index (χ2v) is 4.73. The monoisotopic (exact) mass is 264 g/mol. The molecule has 20 heavy (non-hydrogen) atoms. The minimum Gasteiger partial charge on any atom is -0.497 e. The molecule has 0 unspecified atom stereocenters. The Morgan fingerprint density at radius 1 is 1.15 bits per heavy atom. The normalized spacial score (nSPS) is 17.8. The smallest absolute Gasteiger partial charge is 0.119 e. The fraction of sp³-hybridized carbons (Fsp3) is 0.118. The summed E-state index contributed by atoms with van der Waals surface area (Å²) in [6, 6.07) is 5.93. The Bertz CT molecular complexity index is 662. The van der Waals surface area contributed by atoms with Crippen molar-refractivity contribution in [3.05, 3.63) is 66.0 Å². The first-order chi connectivity index (χ1) is 9.76. The van der Waals surface area contributed by atoms with E-state index in [4.69, 9.17) is 4.74 Å². The molecule has 3 nitrogen and oxygen atoms in total. The summed E-state index contributed by atoms with van der Waals surface area (Å²) in [5.74, 6) is 0.854. The average Bonchev–Trinajstić information content (AvgIpc) is 2.89. The number of methoxy groups -OCH3 is 1. The third-order valence-electron chi connectivity index (χ3n) is 3.32. The maximum Gasteiger partial charge on any atom is 0.119 e. The summed E-state index contributed by atoms with van der Waals surface area (Å²) in [5, 5.41) is 0. The first-order valence-electron chi connectivity index (χ1n) is 6.49. The summed E-state index contributed by atoms with van der Waals surface area (Å²) in [6.07, 6.45) is 14.3. The number of fused-ring (bicyclic) bond motifs is 1. The van der Waals surface area contributed by atoms with Crippen LogP contribution in [0.25, 0.3) is 5.57 Å². The summed E-state index contributed by atoms with van der Waals surface area (Å²) in [6.45, 7) is 0. The lowest BCUT2D eigenvalue weighted by Crippen LogP contribution is -2.02. The molecule has 1 aromatic carbocycles. The van der Waals surface area contributed by atoms with Gasteiger partial charge in [0.05, 0.1) is 12.8 Å². The van der Waals surface area contributed by atoms with Gasteiger partial charge >= 0.3 is 0 Å². The topological polar surface area (TPSA) is 24.8 Å². The summed E-state index contributed by atoms with van der Waals surface area (Å²) in [5.41, 5.74) is 4.37. The van der Waals surface area contributed by atoms with E-state index in [0.717, 1.165) is 22.6 Å². The Morgan fingerprint density at radius 3 is 2.70 bits per heavy atom. The minimum absolute atomic E-state index is 0.854. The van der Waals surface area contributed by atoms with E-state index in [9.17, 15) is 0 Å². The maximum absolute atomic E-state index is 5.27. The first-order valence-corrected chi connectivity index (χ1v) is 6.49. The zero-order valence-electron chi connectivity index (χ0n) is 11.6. The van der Waals surface area contributed by atoms with Crippen LogP contribution in [0.4, 0.5) is 5.69 Å². The summed E-state index contributed by atoms with van der Waals surface area (Å²) in [7, 11) is 3.69. The molecule has 0 bridgehead atoms.